The first-order valence-electron chi connectivity index (χ1n) is 13.7. The predicted molar refractivity (Wildman–Crippen MR) is 141 cm³/mol. The van der Waals surface area contributed by atoms with Gasteiger partial charge in [-0.2, -0.15) is 0 Å². The van der Waals surface area contributed by atoms with Crippen LogP contribution in [0.1, 0.15) is 128 Å². The van der Waals surface area contributed by atoms with Crippen molar-refractivity contribution in [3.8, 4) is 0 Å². The number of benzene rings is 1. The summed E-state index contributed by atoms with van der Waals surface area (Å²) in [5, 5.41) is 0. The molecule has 0 aromatic heterocycles. The molecule has 0 heterocycles. The molecular weight excluding hydrogens is 410 g/mol. The molecule has 1 aromatic carbocycles. The van der Waals surface area contributed by atoms with Gasteiger partial charge >= 0.3 is 0 Å². The molecule has 2 heteroatoms. The summed E-state index contributed by atoms with van der Waals surface area (Å²) >= 11 is 0. The molecule has 0 N–H and O–H groups in total. The molecule has 1 nitrogen and oxygen atoms in total. The Kier molecular flexibility index (Phi) is 20.3. The van der Waals surface area contributed by atoms with Gasteiger partial charge in [-0.05, 0) is 31.2 Å². The SMILES string of the molecule is C=Cc1ccc(C[N+](C)(CCCCCCCCCC)CCCCCCCCCC)cc1.[Cl-]. The van der Waals surface area contributed by atoms with Gasteiger partial charge in [0.1, 0.15) is 6.54 Å². The second-order valence-corrected chi connectivity index (χ2v) is 10.1. The maximum Gasteiger partial charge on any atom is 0.104 e. The lowest BCUT2D eigenvalue weighted by Gasteiger charge is -2.35. The fourth-order valence-corrected chi connectivity index (χ4v) is 4.72. The zero-order valence-corrected chi connectivity index (χ0v) is 22.6. The summed E-state index contributed by atoms with van der Waals surface area (Å²) in [5.41, 5.74) is 2.70. The Labute approximate surface area is 208 Å². The zero-order valence-electron chi connectivity index (χ0n) is 21.9. The Morgan fingerprint density at radius 3 is 1.38 bits per heavy atom. The minimum Gasteiger partial charge on any atom is -1.00 e. The molecular formula is C30H54ClN. The Morgan fingerprint density at radius 2 is 1.00 bits per heavy atom. The number of halogens is 1. The van der Waals surface area contributed by atoms with E-state index in [1.807, 2.05) is 6.08 Å². The van der Waals surface area contributed by atoms with Crippen LogP contribution < -0.4 is 12.4 Å². The highest BCUT2D eigenvalue weighted by molar-refractivity contribution is 5.47. The molecule has 0 fully saturated rings. The average molecular weight is 464 g/mol. The molecule has 0 radical (unpaired) electrons. The number of rotatable bonds is 21. The number of hydrogen-bond donors (Lipinski definition) is 0. The van der Waals surface area contributed by atoms with Crippen LogP contribution in [0.25, 0.3) is 6.08 Å². The van der Waals surface area contributed by atoms with Crippen LogP contribution >= 0.6 is 0 Å². The maximum absolute atomic E-state index is 3.89. The first kappa shape index (κ1) is 31.2. The maximum atomic E-state index is 3.89. The molecule has 1 aromatic rings. The van der Waals surface area contributed by atoms with Crippen molar-refractivity contribution in [3.63, 3.8) is 0 Å². The number of hydrogen-bond acceptors (Lipinski definition) is 0. The second kappa shape index (κ2) is 20.8. The molecule has 0 aliphatic carbocycles. The Hall–Kier alpha value is -0.790. The molecule has 186 valence electrons. The number of unbranched alkanes of at least 4 members (excludes halogenated alkanes) is 14. The van der Waals surface area contributed by atoms with Gasteiger partial charge in [-0.3, -0.25) is 0 Å². The second-order valence-electron chi connectivity index (χ2n) is 10.1. The van der Waals surface area contributed by atoms with Crippen molar-refractivity contribution >= 4 is 6.08 Å². The normalized spacial score (nSPS) is 11.3. The van der Waals surface area contributed by atoms with Crippen LogP contribution in [0.3, 0.4) is 0 Å². The minimum absolute atomic E-state index is 0. The standard InChI is InChI=1S/C30H54N.ClH/c1-5-8-10-12-14-16-18-20-26-31(4,27-21-19-17-15-13-11-9-6-2)28-30-24-22-29(7-3)23-25-30;/h7,22-25H,3,5-6,8-21,26-28H2,1-2,4H3;1H/q+1;/p-1. The third kappa shape index (κ3) is 15.9. The lowest BCUT2D eigenvalue weighted by molar-refractivity contribution is -0.923. The molecule has 0 atom stereocenters. The highest BCUT2D eigenvalue weighted by Gasteiger charge is 2.21. The van der Waals surface area contributed by atoms with Gasteiger partial charge in [-0.1, -0.05) is 128 Å². The van der Waals surface area contributed by atoms with Crippen LogP contribution in [0.2, 0.25) is 0 Å². The van der Waals surface area contributed by atoms with Crippen molar-refractivity contribution in [3.05, 3.63) is 42.0 Å². The summed E-state index contributed by atoms with van der Waals surface area (Å²) in [6.07, 6.45) is 24.5. The van der Waals surface area contributed by atoms with Gasteiger partial charge in [-0.25, -0.2) is 0 Å². The Bertz CT molecular complexity index is 516. The van der Waals surface area contributed by atoms with E-state index in [0.717, 1.165) is 0 Å². The van der Waals surface area contributed by atoms with Gasteiger partial charge in [-0.15, -0.1) is 0 Å². The molecule has 0 amide bonds. The van der Waals surface area contributed by atoms with Gasteiger partial charge in [0.05, 0.1) is 20.1 Å². The Balaban J connectivity index is 0.00000961. The highest BCUT2D eigenvalue weighted by Crippen LogP contribution is 2.19. The van der Waals surface area contributed by atoms with Crippen molar-refractivity contribution in [2.45, 2.75) is 123 Å². The van der Waals surface area contributed by atoms with E-state index in [1.54, 1.807) is 0 Å². The number of quaternary nitrogens is 1. The van der Waals surface area contributed by atoms with Gasteiger partial charge in [0, 0.05) is 5.56 Å². The molecule has 0 unspecified atom stereocenters. The monoisotopic (exact) mass is 463 g/mol. The molecule has 0 saturated carbocycles. The summed E-state index contributed by atoms with van der Waals surface area (Å²) in [7, 11) is 2.50. The minimum atomic E-state index is 0. The summed E-state index contributed by atoms with van der Waals surface area (Å²) in [6.45, 7) is 12.3. The quantitative estimate of drug-likeness (QED) is 0.143. The van der Waals surface area contributed by atoms with Crippen LogP contribution in [0.15, 0.2) is 30.8 Å². The molecule has 32 heavy (non-hydrogen) atoms. The van der Waals surface area contributed by atoms with E-state index in [-0.39, 0.29) is 12.4 Å². The van der Waals surface area contributed by atoms with Crippen molar-refractivity contribution in [2.24, 2.45) is 0 Å². The summed E-state index contributed by atoms with van der Waals surface area (Å²) in [6, 6.07) is 9.07. The molecule has 1 rings (SSSR count). The lowest BCUT2D eigenvalue weighted by Crippen LogP contribution is -3.00. The van der Waals surface area contributed by atoms with E-state index in [4.69, 9.17) is 0 Å². The fourth-order valence-electron chi connectivity index (χ4n) is 4.72. The first-order valence-corrected chi connectivity index (χ1v) is 13.7. The highest BCUT2D eigenvalue weighted by atomic mass is 35.5. The largest absolute Gasteiger partial charge is 1.00 e. The zero-order chi connectivity index (χ0) is 22.6. The molecule has 0 bridgehead atoms. The van der Waals surface area contributed by atoms with Crippen LogP contribution in [-0.4, -0.2) is 24.6 Å². The van der Waals surface area contributed by atoms with E-state index in [2.05, 4.69) is 51.7 Å². The summed E-state index contributed by atoms with van der Waals surface area (Å²) in [5.74, 6) is 0. The first-order chi connectivity index (χ1) is 15.1. The van der Waals surface area contributed by atoms with Crippen molar-refractivity contribution in [1.29, 1.82) is 0 Å². The van der Waals surface area contributed by atoms with Gasteiger partial charge in [0.15, 0.2) is 0 Å². The molecule has 0 aliphatic rings. The van der Waals surface area contributed by atoms with Crippen LogP contribution in [0.5, 0.6) is 0 Å². The van der Waals surface area contributed by atoms with Gasteiger partial charge in [0.25, 0.3) is 0 Å². The van der Waals surface area contributed by atoms with Gasteiger partial charge in [0.2, 0.25) is 0 Å². The van der Waals surface area contributed by atoms with Gasteiger partial charge < -0.3 is 16.9 Å². The Morgan fingerprint density at radius 1 is 0.625 bits per heavy atom. The van der Waals surface area contributed by atoms with Crippen molar-refractivity contribution in [1.82, 2.24) is 0 Å². The molecule has 0 spiro atoms. The lowest BCUT2D eigenvalue weighted by atomic mass is 10.1. The van der Waals surface area contributed by atoms with E-state index in [9.17, 15) is 0 Å². The van der Waals surface area contributed by atoms with E-state index in [1.165, 1.54) is 138 Å². The van der Waals surface area contributed by atoms with E-state index < -0.39 is 0 Å². The summed E-state index contributed by atoms with van der Waals surface area (Å²) < 4.78 is 1.21. The third-order valence-corrected chi connectivity index (χ3v) is 6.88. The summed E-state index contributed by atoms with van der Waals surface area (Å²) in [4.78, 5) is 0. The predicted octanol–water partition coefficient (Wildman–Crippen LogP) is 6.56. The van der Waals surface area contributed by atoms with E-state index in [0.29, 0.717) is 0 Å². The molecule has 0 saturated heterocycles. The smallest absolute Gasteiger partial charge is 0.104 e. The third-order valence-electron chi connectivity index (χ3n) is 6.88. The average Bonchev–Trinajstić information content (AvgIpc) is 2.78. The number of nitrogens with zero attached hydrogens (tertiary/aromatic N) is 1. The fraction of sp³-hybridized carbons (Fsp3) is 0.733. The van der Waals surface area contributed by atoms with E-state index >= 15 is 0 Å². The van der Waals surface area contributed by atoms with Crippen LogP contribution in [0.4, 0.5) is 0 Å². The van der Waals surface area contributed by atoms with Crippen molar-refractivity contribution in [2.75, 3.05) is 20.1 Å². The van der Waals surface area contributed by atoms with Crippen LogP contribution in [-0.2, 0) is 6.54 Å². The van der Waals surface area contributed by atoms with Crippen molar-refractivity contribution < 1.29 is 16.9 Å². The molecule has 0 aliphatic heterocycles. The topological polar surface area (TPSA) is 0 Å². The van der Waals surface area contributed by atoms with Crippen LogP contribution in [0, 0.1) is 0 Å².